The number of benzene rings is 3. The van der Waals surface area contributed by atoms with Crippen LogP contribution in [0.5, 0.6) is 0 Å². The summed E-state index contributed by atoms with van der Waals surface area (Å²) < 4.78 is 4.94. The number of carbonyl (C=O) groups excluding carboxylic acids is 4. The molecule has 3 N–H and O–H groups in total. The van der Waals surface area contributed by atoms with Gasteiger partial charge in [0.15, 0.2) is 0 Å². The van der Waals surface area contributed by atoms with Gasteiger partial charge in [0, 0.05) is 17.0 Å². The fraction of sp³-hybridized carbons (Fsp3) is 0.143. The number of ether oxygens (including phenoxy) is 1. The van der Waals surface area contributed by atoms with Crippen LogP contribution in [0.1, 0.15) is 54.8 Å². The largest absolute Gasteiger partial charge is 0.478 e. The van der Waals surface area contributed by atoms with E-state index in [-0.39, 0.29) is 35.6 Å². The Hall–Kier alpha value is -4.97. The van der Waals surface area contributed by atoms with Gasteiger partial charge in [0.25, 0.3) is 5.91 Å². The summed E-state index contributed by atoms with van der Waals surface area (Å²) in [6.45, 7) is 1.91. The second kappa shape index (κ2) is 11.8. The Morgan fingerprint density at radius 2 is 1.55 bits per heavy atom. The lowest BCUT2D eigenvalue weighted by Crippen LogP contribution is -2.31. The maximum absolute atomic E-state index is 13.0. The average molecular weight is 563 g/mol. The van der Waals surface area contributed by atoms with Crippen molar-refractivity contribution in [2.24, 2.45) is 0 Å². The summed E-state index contributed by atoms with van der Waals surface area (Å²) in [6.07, 6.45) is -0.0283. The molecule has 1 fully saturated rings. The molecule has 204 valence electrons. The van der Waals surface area contributed by atoms with E-state index in [0.717, 1.165) is 23.1 Å². The average Bonchev–Trinajstić information content (AvgIpc) is 3.21. The number of nitrogens with one attached hydrogen (secondary N) is 1. The maximum atomic E-state index is 13.0. The molecule has 3 aromatic carbocycles. The summed E-state index contributed by atoms with van der Waals surface area (Å²) in [5.41, 5.74) is 0.0640. The first-order valence-corrected chi connectivity index (χ1v) is 12.8. The third kappa shape index (κ3) is 6.02. The van der Waals surface area contributed by atoms with Crippen LogP contribution in [0.2, 0.25) is 0 Å². The van der Waals surface area contributed by atoms with E-state index in [2.05, 4.69) is 5.32 Å². The number of imide groups is 1. The summed E-state index contributed by atoms with van der Waals surface area (Å²) in [5.74, 6) is -4.78. The first-order valence-electron chi connectivity index (χ1n) is 11.9. The highest BCUT2D eigenvalue weighted by atomic mass is 32.2. The van der Waals surface area contributed by atoms with Gasteiger partial charge in [-0.3, -0.25) is 14.4 Å². The van der Waals surface area contributed by atoms with Crippen molar-refractivity contribution < 1.29 is 43.7 Å². The van der Waals surface area contributed by atoms with Gasteiger partial charge in [0.05, 0.1) is 39.8 Å². The minimum atomic E-state index is -1.38. The number of hydrogen-bond acceptors (Lipinski definition) is 8. The van der Waals surface area contributed by atoms with Crippen molar-refractivity contribution in [1.29, 1.82) is 0 Å². The highest BCUT2D eigenvalue weighted by Gasteiger charge is 2.40. The molecule has 4 rings (SSSR count). The normalized spacial score (nSPS) is 14.6. The van der Waals surface area contributed by atoms with E-state index in [1.54, 1.807) is 19.1 Å². The van der Waals surface area contributed by atoms with Gasteiger partial charge in [0.1, 0.15) is 0 Å². The van der Waals surface area contributed by atoms with Gasteiger partial charge in [0.2, 0.25) is 11.8 Å². The molecule has 0 bridgehead atoms. The van der Waals surface area contributed by atoms with Crippen LogP contribution in [0.25, 0.3) is 0 Å². The van der Waals surface area contributed by atoms with Gasteiger partial charge in [-0.1, -0.05) is 0 Å². The molecule has 3 aromatic rings. The van der Waals surface area contributed by atoms with E-state index in [1.807, 2.05) is 0 Å². The molecule has 1 atom stereocenters. The van der Waals surface area contributed by atoms with Crippen molar-refractivity contribution in [2.45, 2.75) is 23.5 Å². The van der Waals surface area contributed by atoms with Gasteiger partial charge in [-0.25, -0.2) is 19.3 Å². The molecule has 0 unspecified atom stereocenters. The van der Waals surface area contributed by atoms with Crippen molar-refractivity contribution >= 4 is 58.8 Å². The van der Waals surface area contributed by atoms with E-state index < -0.39 is 35.0 Å². The number of nitrogens with zero attached hydrogens (tertiary/aromatic N) is 1. The van der Waals surface area contributed by atoms with Gasteiger partial charge in [-0.2, -0.15) is 0 Å². The van der Waals surface area contributed by atoms with Crippen LogP contribution >= 0.6 is 11.8 Å². The predicted molar refractivity (Wildman–Crippen MR) is 144 cm³/mol. The monoisotopic (exact) mass is 562 g/mol. The lowest BCUT2D eigenvalue weighted by Gasteiger charge is -2.15. The van der Waals surface area contributed by atoms with Gasteiger partial charge >= 0.3 is 17.9 Å². The summed E-state index contributed by atoms with van der Waals surface area (Å²) in [6, 6.07) is 15.5. The maximum Gasteiger partial charge on any atom is 0.338 e. The van der Waals surface area contributed by atoms with Crippen LogP contribution < -0.4 is 10.2 Å². The molecule has 0 spiro atoms. The number of rotatable bonds is 9. The van der Waals surface area contributed by atoms with Crippen molar-refractivity contribution in [2.75, 3.05) is 16.8 Å². The first kappa shape index (κ1) is 28.0. The molecule has 1 aliphatic rings. The highest BCUT2D eigenvalue weighted by Crippen LogP contribution is 2.34. The Bertz CT molecular complexity index is 1520. The third-order valence-electron chi connectivity index (χ3n) is 5.87. The number of carboxylic acids is 2. The van der Waals surface area contributed by atoms with Crippen LogP contribution in [0, 0.1) is 0 Å². The first-order chi connectivity index (χ1) is 19.1. The van der Waals surface area contributed by atoms with E-state index >= 15 is 0 Å². The quantitative estimate of drug-likeness (QED) is 0.257. The Balaban J connectivity index is 1.43. The molecule has 40 heavy (non-hydrogen) atoms. The molecular formula is C28H22N2O9S. The topological polar surface area (TPSA) is 167 Å². The zero-order valence-electron chi connectivity index (χ0n) is 21.0. The fourth-order valence-electron chi connectivity index (χ4n) is 3.96. The highest BCUT2D eigenvalue weighted by molar-refractivity contribution is 8.00. The van der Waals surface area contributed by atoms with Crippen LogP contribution in [-0.2, 0) is 14.3 Å². The van der Waals surface area contributed by atoms with Crippen LogP contribution in [0.3, 0.4) is 0 Å². The Morgan fingerprint density at radius 1 is 0.900 bits per heavy atom. The predicted octanol–water partition coefficient (Wildman–Crippen LogP) is 3.94. The summed E-state index contributed by atoms with van der Waals surface area (Å²) >= 11 is 1.17. The van der Waals surface area contributed by atoms with E-state index in [9.17, 15) is 39.0 Å². The number of carboxylic acid groups (broad SMARTS) is 2. The van der Waals surface area contributed by atoms with Crippen LogP contribution in [-0.4, -0.2) is 57.7 Å². The molecule has 0 radical (unpaired) electrons. The number of carbonyl (C=O) groups is 6. The second-order valence-corrected chi connectivity index (χ2v) is 9.77. The summed E-state index contributed by atoms with van der Waals surface area (Å²) in [7, 11) is 0. The number of anilines is 2. The molecule has 1 saturated heterocycles. The minimum Gasteiger partial charge on any atom is -0.478 e. The van der Waals surface area contributed by atoms with Gasteiger partial charge in [-0.05, 0) is 73.7 Å². The van der Waals surface area contributed by atoms with Crippen LogP contribution in [0.15, 0.2) is 71.6 Å². The molecular weight excluding hydrogens is 540 g/mol. The zero-order chi connectivity index (χ0) is 29.0. The standard InChI is InChI=1S/C28H22N2O9S/c1-2-39-28(38)15-3-8-18(9-4-15)30-23(31)14-22(25(30)33)40-19-10-6-17(7-11-19)29-24(32)21-13-16(26(34)35)5-12-20(21)27(36)37/h3-13,22H,2,14H2,1H3,(H,29,32)(H,34,35)(H,36,37)/t22-/m0/s1. The molecule has 12 heteroatoms. The van der Waals surface area contributed by atoms with Crippen molar-refractivity contribution in [3.63, 3.8) is 0 Å². The SMILES string of the molecule is CCOC(=O)c1ccc(N2C(=O)C[C@H](Sc3ccc(NC(=O)c4cc(C(=O)O)ccc4C(=O)O)cc3)C2=O)cc1. The van der Waals surface area contributed by atoms with Crippen LogP contribution in [0.4, 0.5) is 11.4 Å². The lowest BCUT2D eigenvalue weighted by atomic mass is 10.0. The number of aromatic carboxylic acids is 2. The molecule has 0 aromatic heterocycles. The number of amides is 3. The van der Waals surface area contributed by atoms with E-state index in [4.69, 9.17) is 4.74 Å². The smallest absolute Gasteiger partial charge is 0.338 e. The van der Waals surface area contributed by atoms with E-state index in [0.29, 0.717) is 21.8 Å². The minimum absolute atomic E-state index is 0.0283. The van der Waals surface area contributed by atoms with Gasteiger partial charge in [-0.15, -0.1) is 11.8 Å². The zero-order valence-corrected chi connectivity index (χ0v) is 21.8. The summed E-state index contributed by atoms with van der Waals surface area (Å²) in [5, 5.41) is 20.4. The number of esters is 1. The van der Waals surface area contributed by atoms with Crippen molar-refractivity contribution in [1.82, 2.24) is 0 Å². The number of hydrogen-bond donors (Lipinski definition) is 3. The Kier molecular flexibility index (Phi) is 8.29. The second-order valence-electron chi connectivity index (χ2n) is 8.49. The van der Waals surface area contributed by atoms with E-state index in [1.165, 1.54) is 48.2 Å². The molecule has 0 saturated carbocycles. The molecule has 1 heterocycles. The molecule has 1 aliphatic heterocycles. The van der Waals surface area contributed by atoms with Gasteiger partial charge < -0.3 is 20.3 Å². The van der Waals surface area contributed by atoms with Crippen molar-refractivity contribution in [3.8, 4) is 0 Å². The molecule has 3 amide bonds. The Labute approximate surface area is 231 Å². The molecule has 0 aliphatic carbocycles. The fourth-order valence-corrected chi connectivity index (χ4v) is 5.01. The lowest BCUT2D eigenvalue weighted by molar-refractivity contribution is -0.121. The Morgan fingerprint density at radius 3 is 2.15 bits per heavy atom. The molecule has 11 nitrogen and oxygen atoms in total. The summed E-state index contributed by atoms with van der Waals surface area (Å²) in [4.78, 5) is 74.7. The van der Waals surface area contributed by atoms with Crippen molar-refractivity contribution in [3.05, 3.63) is 89.0 Å². The third-order valence-corrected chi connectivity index (χ3v) is 7.07. The number of thioether (sulfide) groups is 1.